The first-order valence-electron chi connectivity index (χ1n) is 8.91. The number of esters is 1. The molecule has 0 saturated carbocycles. The molecule has 0 aliphatic heterocycles. The summed E-state index contributed by atoms with van der Waals surface area (Å²) in [7, 11) is -4.25. The Hall–Kier alpha value is -2.56. The van der Waals surface area contributed by atoms with Crippen molar-refractivity contribution in [2.45, 2.75) is 4.90 Å². The number of rotatable bonds is 7. The molecule has 0 aliphatic carbocycles. The topological polar surface area (TPSA) is 114 Å². The van der Waals surface area contributed by atoms with Gasteiger partial charge in [0.25, 0.3) is 15.9 Å². The molecular weight excluding hydrogens is 536 g/mol. The Bertz CT molecular complexity index is 1320. The van der Waals surface area contributed by atoms with Crippen molar-refractivity contribution < 1.29 is 22.7 Å². The molecule has 0 aliphatic rings. The van der Waals surface area contributed by atoms with Gasteiger partial charge in [0, 0.05) is 11.2 Å². The Morgan fingerprint density at radius 1 is 0.909 bits per heavy atom. The van der Waals surface area contributed by atoms with Crippen LogP contribution in [0.1, 0.15) is 10.4 Å². The number of nitrogens with one attached hydrogen (secondary N) is 2. The molecule has 3 rings (SSSR count). The predicted molar refractivity (Wildman–Crippen MR) is 127 cm³/mol. The fourth-order valence-corrected chi connectivity index (χ4v) is 4.56. The maximum absolute atomic E-state index is 12.8. The van der Waals surface area contributed by atoms with Crippen molar-refractivity contribution in [2.75, 3.05) is 16.6 Å². The normalized spacial score (nSPS) is 11.0. The highest BCUT2D eigenvalue weighted by molar-refractivity contribution is 7.92. The van der Waals surface area contributed by atoms with Crippen LogP contribution in [-0.4, -0.2) is 31.9 Å². The van der Waals surface area contributed by atoms with Crippen LogP contribution in [-0.2, 0) is 19.6 Å². The van der Waals surface area contributed by atoms with Gasteiger partial charge in [0.15, 0.2) is 6.61 Å². The van der Waals surface area contributed by atoms with Gasteiger partial charge in [0.05, 0.1) is 26.3 Å². The Morgan fingerprint density at radius 3 is 2.30 bits per heavy atom. The first kappa shape index (κ1) is 25.1. The SMILES string of the molecule is O=C(COC(=O)c1ccc(Cl)c(S(=O)(=O)Nc2cc(Cl)ccc2Cl)c1)Nc1ccc(Cl)cn1. The first-order valence-corrected chi connectivity index (χ1v) is 11.9. The number of halogens is 4. The standard InChI is InChI=1S/C20H13Cl4N3O5S/c21-12-2-5-14(23)16(8-12)27-33(30,31)17-7-11(1-4-15(17)24)20(29)32-10-19(28)26-18-6-3-13(22)9-25-18/h1-9,27H,10H2,(H,25,26,28). The number of aromatic nitrogens is 1. The summed E-state index contributed by atoms with van der Waals surface area (Å²) in [4.78, 5) is 27.8. The highest BCUT2D eigenvalue weighted by Crippen LogP contribution is 2.30. The number of hydrogen-bond donors (Lipinski definition) is 2. The van der Waals surface area contributed by atoms with Crippen molar-refractivity contribution in [3.8, 4) is 0 Å². The number of carbonyl (C=O) groups excluding carboxylic acids is 2. The second-order valence-corrected chi connectivity index (χ2v) is 9.70. The van der Waals surface area contributed by atoms with Gasteiger partial charge in [-0.15, -0.1) is 0 Å². The number of benzene rings is 2. The molecule has 1 heterocycles. The summed E-state index contributed by atoms with van der Waals surface area (Å²) in [6.07, 6.45) is 1.34. The molecule has 33 heavy (non-hydrogen) atoms. The van der Waals surface area contributed by atoms with Crippen LogP contribution in [0.5, 0.6) is 0 Å². The van der Waals surface area contributed by atoms with Crippen LogP contribution in [0.2, 0.25) is 20.1 Å². The Balaban J connectivity index is 1.72. The Labute approximate surface area is 208 Å². The lowest BCUT2D eigenvalue weighted by atomic mass is 10.2. The number of carbonyl (C=O) groups is 2. The number of nitrogens with zero attached hydrogens (tertiary/aromatic N) is 1. The molecule has 8 nitrogen and oxygen atoms in total. The third kappa shape index (κ3) is 6.72. The Morgan fingerprint density at radius 2 is 1.61 bits per heavy atom. The number of anilines is 2. The van der Waals surface area contributed by atoms with E-state index in [2.05, 4.69) is 15.0 Å². The summed E-state index contributed by atoms with van der Waals surface area (Å²) in [6, 6.07) is 10.7. The van der Waals surface area contributed by atoms with Gasteiger partial charge >= 0.3 is 5.97 Å². The van der Waals surface area contributed by atoms with E-state index in [0.29, 0.717) is 5.02 Å². The minimum atomic E-state index is -4.25. The predicted octanol–water partition coefficient (Wildman–Crippen LogP) is 5.29. The molecule has 0 atom stereocenters. The van der Waals surface area contributed by atoms with Crippen molar-refractivity contribution in [3.05, 3.63) is 80.4 Å². The number of amides is 1. The van der Waals surface area contributed by atoms with Crippen molar-refractivity contribution in [1.29, 1.82) is 0 Å². The fraction of sp³-hybridized carbons (Fsp3) is 0.0500. The molecule has 172 valence electrons. The molecule has 1 aromatic heterocycles. The van der Waals surface area contributed by atoms with E-state index in [0.717, 1.165) is 6.07 Å². The minimum Gasteiger partial charge on any atom is -0.452 e. The second kappa shape index (κ2) is 10.6. The van der Waals surface area contributed by atoms with Crippen molar-refractivity contribution in [2.24, 2.45) is 0 Å². The minimum absolute atomic E-state index is 0.0284. The smallest absolute Gasteiger partial charge is 0.338 e. The van der Waals surface area contributed by atoms with Gasteiger partial charge in [-0.2, -0.15) is 0 Å². The van der Waals surface area contributed by atoms with E-state index in [-0.39, 0.29) is 32.1 Å². The van der Waals surface area contributed by atoms with E-state index < -0.39 is 33.4 Å². The van der Waals surface area contributed by atoms with Gasteiger partial charge in [0.1, 0.15) is 10.7 Å². The lowest BCUT2D eigenvalue weighted by molar-refractivity contribution is -0.119. The van der Waals surface area contributed by atoms with E-state index >= 15 is 0 Å². The third-order valence-electron chi connectivity index (χ3n) is 3.96. The monoisotopic (exact) mass is 547 g/mol. The average Bonchev–Trinajstić information content (AvgIpc) is 2.76. The number of hydrogen-bond acceptors (Lipinski definition) is 6. The highest BCUT2D eigenvalue weighted by Gasteiger charge is 2.22. The van der Waals surface area contributed by atoms with Gasteiger partial charge in [-0.05, 0) is 48.5 Å². The van der Waals surface area contributed by atoms with Gasteiger partial charge in [-0.1, -0.05) is 46.4 Å². The molecule has 0 unspecified atom stereocenters. The number of sulfonamides is 1. The van der Waals surface area contributed by atoms with Crippen LogP contribution in [0.4, 0.5) is 11.5 Å². The number of ether oxygens (including phenoxy) is 1. The zero-order chi connectivity index (χ0) is 24.2. The molecule has 13 heteroatoms. The summed E-state index contributed by atoms with van der Waals surface area (Å²) >= 11 is 23.7. The van der Waals surface area contributed by atoms with Crippen molar-refractivity contribution in [3.63, 3.8) is 0 Å². The lowest BCUT2D eigenvalue weighted by Crippen LogP contribution is -2.21. The molecular formula is C20H13Cl4N3O5S. The average molecular weight is 549 g/mol. The first-order chi connectivity index (χ1) is 15.5. The lowest BCUT2D eigenvalue weighted by Gasteiger charge is -2.12. The van der Waals surface area contributed by atoms with Gasteiger partial charge < -0.3 is 10.1 Å². The fourth-order valence-electron chi connectivity index (χ4n) is 2.45. The van der Waals surface area contributed by atoms with E-state index in [9.17, 15) is 18.0 Å². The number of pyridine rings is 1. The summed E-state index contributed by atoms with van der Waals surface area (Å²) in [5, 5.41) is 3.03. The van der Waals surface area contributed by atoms with E-state index in [1.165, 1.54) is 48.7 Å². The zero-order valence-corrected chi connectivity index (χ0v) is 20.2. The van der Waals surface area contributed by atoms with Crippen LogP contribution in [0.15, 0.2) is 59.6 Å². The van der Waals surface area contributed by atoms with E-state index in [4.69, 9.17) is 51.1 Å². The van der Waals surface area contributed by atoms with E-state index in [1.807, 2.05) is 0 Å². The molecule has 0 spiro atoms. The van der Waals surface area contributed by atoms with Crippen molar-refractivity contribution >= 4 is 79.8 Å². The summed E-state index contributed by atoms with van der Waals surface area (Å²) in [5.74, 6) is -1.38. The van der Waals surface area contributed by atoms with Crippen LogP contribution in [0, 0.1) is 0 Å². The molecule has 2 aromatic carbocycles. The van der Waals surface area contributed by atoms with Gasteiger partial charge in [-0.25, -0.2) is 18.2 Å². The third-order valence-corrected chi connectivity index (χ3v) is 6.59. The van der Waals surface area contributed by atoms with Crippen LogP contribution < -0.4 is 10.0 Å². The van der Waals surface area contributed by atoms with Gasteiger partial charge in [0.2, 0.25) is 0 Å². The summed E-state index contributed by atoms with van der Waals surface area (Å²) < 4.78 is 32.9. The molecule has 1 amide bonds. The van der Waals surface area contributed by atoms with Gasteiger partial charge in [-0.3, -0.25) is 9.52 Å². The maximum atomic E-state index is 12.8. The largest absolute Gasteiger partial charge is 0.452 e. The van der Waals surface area contributed by atoms with Crippen molar-refractivity contribution in [1.82, 2.24) is 4.98 Å². The summed E-state index contributed by atoms with van der Waals surface area (Å²) in [6.45, 7) is -0.635. The van der Waals surface area contributed by atoms with E-state index in [1.54, 1.807) is 0 Å². The second-order valence-electron chi connectivity index (χ2n) is 6.36. The maximum Gasteiger partial charge on any atom is 0.338 e. The molecule has 0 bridgehead atoms. The van der Waals surface area contributed by atoms with Crippen LogP contribution >= 0.6 is 46.4 Å². The van der Waals surface area contributed by atoms with Crippen LogP contribution in [0.25, 0.3) is 0 Å². The quantitative estimate of drug-likeness (QED) is 0.387. The van der Waals surface area contributed by atoms with Crippen LogP contribution in [0.3, 0.4) is 0 Å². The molecule has 2 N–H and O–H groups in total. The Kier molecular flexibility index (Phi) is 8.04. The molecule has 3 aromatic rings. The summed E-state index contributed by atoms with van der Waals surface area (Å²) in [5.41, 5.74) is -0.116. The molecule has 0 fully saturated rings. The zero-order valence-electron chi connectivity index (χ0n) is 16.3. The molecule has 0 saturated heterocycles. The highest BCUT2D eigenvalue weighted by atomic mass is 35.5. The molecule has 0 radical (unpaired) electrons.